The SMILES string of the molecule is C#CCN=C(NCC)N1CCC(COC)C1.I. The van der Waals surface area contributed by atoms with Crippen LogP contribution < -0.4 is 5.32 Å². The van der Waals surface area contributed by atoms with Gasteiger partial charge in [0.05, 0.1) is 6.61 Å². The molecule has 1 heterocycles. The van der Waals surface area contributed by atoms with Crippen LogP contribution in [0.15, 0.2) is 4.99 Å². The zero-order chi connectivity index (χ0) is 11.8. The van der Waals surface area contributed by atoms with Crippen molar-refractivity contribution >= 4 is 29.9 Å². The quantitative estimate of drug-likeness (QED) is 0.358. The van der Waals surface area contributed by atoms with Crippen LogP contribution in [0.4, 0.5) is 0 Å². The Balaban J connectivity index is 0.00000256. The molecule has 1 saturated heterocycles. The van der Waals surface area contributed by atoms with Gasteiger partial charge in [-0.15, -0.1) is 30.4 Å². The largest absolute Gasteiger partial charge is 0.384 e. The number of rotatable bonds is 4. The lowest BCUT2D eigenvalue weighted by Gasteiger charge is -2.21. The molecule has 0 aliphatic carbocycles. The monoisotopic (exact) mass is 351 g/mol. The highest BCUT2D eigenvalue weighted by Gasteiger charge is 2.24. The van der Waals surface area contributed by atoms with E-state index in [-0.39, 0.29) is 24.0 Å². The van der Waals surface area contributed by atoms with E-state index in [4.69, 9.17) is 11.2 Å². The minimum atomic E-state index is 0. The van der Waals surface area contributed by atoms with E-state index in [1.807, 2.05) is 0 Å². The van der Waals surface area contributed by atoms with E-state index in [9.17, 15) is 0 Å². The predicted molar refractivity (Wildman–Crippen MR) is 81.8 cm³/mol. The molecular formula is C12H22IN3O. The molecule has 1 aliphatic rings. The molecule has 5 heteroatoms. The second-order valence-electron chi connectivity index (χ2n) is 3.93. The molecule has 98 valence electrons. The average molecular weight is 351 g/mol. The van der Waals surface area contributed by atoms with Gasteiger partial charge in [0, 0.05) is 32.7 Å². The molecule has 0 aromatic heterocycles. The molecular weight excluding hydrogens is 329 g/mol. The number of likely N-dealkylation sites (tertiary alicyclic amines) is 1. The number of terminal acetylenes is 1. The van der Waals surface area contributed by atoms with Crippen molar-refractivity contribution in [1.29, 1.82) is 0 Å². The third-order valence-electron chi connectivity index (χ3n) is 2.64. The van der Waals surface area contributed by atoms with Crippen LogP contribution in [-0.4, -0.2) is 50.8 Å². The molecule has 0 radical (unpaired) electrons. The standard InChI is InChI=1S/C12H21N3O.HI/c1-4-7-14-12(13-5-2)15-8-6-11(9-15)10-16-3;/h1,11H,5-10H2,2-3H3,(H,13,14);1H. The Labute approximate surface area is 121 Å². The van der Waals surface area contributed by atoms with Crippen molar-refractivity contribution in [1.82, 2.24) is 10.2 Å². The summed E-state index contributed by atoms with van der Waals surface area (Å²) in [5.74, 6) is 4.08. The Bertz CT molecular complexity index is 275. The van der Waals surface area contributed by atoms with E-state index < -0.39 is 0 Å². The number of nitrogens with one attached hydrogen (secondary N) is 1. The Morgan fingerprint density at radius 2 is 2.41 bits per heavy atom. The summed E-state index contributed by atoms with van der Waals surface area (Å²) < 4.78 is 5.18. The maximum absolute atomic E-state index is 5.22. The smallest absolute Gasteiger partial charge is 0.194 e. The molecule has 4 nitrogen and oxygen atoms in total. The highest BCUT2D eigenvalue weighted by atomic mass is 127. The van der Waals surface area contributed by atoms with Crippen molar-refractivity contribution < 1.29 is 4.74 Å². The van der Waals surface area contributed by atoms with Crippen molar-refractivity contribution in [3.63, 3.8) is 0 Å². The molecule has 1 rings (SSSR count). The summed E-state index contributed by atoms with van der Waals surface area (Å²) in [4.78, 5) is 6.62. The van der Waals surface area contributed by atoms with Crippen molar-refractivity contribution in [2.24, 2.45) is 10.9 Å². The van der Waals surface area contributed by atoms with Gasteiger partial charge in [0.1, 0.15) is 6.54 Å². The number of methoxy groups -OCH3 is 1. The lowest BCUT2D eigenvalue weighted by Crippen LogP contribution is -2.40. The number of guanidine groups is 1. The Morgan fingerprint density at radius 1 is 1.65 bits per heavy atom. The van der Waals surface area contributed by atoms with Crippen LogP contribution in [-0.2, 0) is 4.74 Å². The van der Waals surface area contributed by atoms with E-state index in [0.29, 0.717) is 12.5 Å². The number of aliphatic imine (C=N–C) groups is 1. The summed E-state index contributed by atoms with van der Waals surface area (Å²) in [6.45, 7) is 6.23. The van der Waals surface area contributed by atoms with Gasteiger partial charge in [0.15, 0.2) is 5.96 Å². The topological polar surface area (TPSA) is 36.9 Å². The lowest BCUT2D eigenvalue weighted by molar-refractivity contribution is 0.157. The number of hydrogen-bond acceptors (Lipinski definition) is 2. The highest BCUT2D eigenvalue weighted by molar-refractivity contribution is 14.0. The summed E-state index contributed by atoms with van der Waals surface area (Å²) in [6.07, 6.45) is 6.38. The van der Waals surface area contributed by atoms with Crippen LogP contribution in [0.25, 0.3) is 0 Å². The number of halogens is 1. The number of ether oxygens (including phenoxy) is 1. The fourth-order valence-electron chi connectivity index (χ4n) is 1.94. The van der Waals surface area contributed by atoms with Crippen molar-refractivity contribution in [2.75, 3.05) is 39.9 Å². The van der Waals surface area contributed by atoms with Crippen molar-refractivity contribution in [2.45, 2.75) is 13.3 Å². The second-order valence-corrected chi connectivity index (χ2v) is 3.93. The normalized spacial score (nSPS) is 19.7. The van der Waals surface area contributed by atoms with Gasteiger partial charge in [-0.2, -0.15) is 0 Å². The molecule has 0 aromatic rings. The number of nitrogens with zero attached hydrogens (tertiary/aromatic N) is 2. The van der Waals surface area contributed by atoms with Gasteiger partial charge < -0.3 is 15.0 Å². The Kier molecular flexibility index (Phi) is 9.27. The van der Waals surface area contributed by atoms with Gasteiger partial charge in [0.2, 0.25) is 0 Å². The van der Waals surface area contributed by atoms with Gasteiger partial charge in [-0.05, 0) is 13.3 Å². The average Bonchev–Trinajstić information content (AvgIpc) is 2.73. The van der Waals surface area contributed by atoms with Crippen LogP contribution in [0.1, 0.15) is 13.3 Å². The molecule has 0 amide bonds. The summed E-state index contributed by atoms with van der Waals surface area (Å²) >= 11 is 0. The van der Waals surface area contributed by atoms with Crippen molar-refractivity contribution in [3.05, 3.63) is 0 Å². The molecule has 1 fully saturated rings. The van der Waals surface area contributed by atoms with Gasteiger partial charge in [-0.1, -0.05) is 5.92 Å². The van der Waals surface area contributed by atoms with Gasteiger partial charge in [-0.3, -0.25) is 0 Å². The molecule has 1 N–H and O–H groups in total. The highest BCUT2D eigenvalue weighted by Crippen LogP contribution is 2.16. The maximum atomic E-state index is 5.22. The third kappa shape index (κ3) is 5.59. The van der Waals surface area contributed by atoms with E-state index in [2.05, 4.69) is 28.1 Å². The third-order valence-corrected chi connectivity index (χ3v) is 2.64. The molecule has 1 aliphatic heterocycles. The van der Waals surface area contributed by atoms with Crippen molar-refractivity contribution in [3.8, 4) is 12.3 Å². The Hall–Kier alpha value is -0.480. The van der Waals surface area contributed by atoms with Gasteiger partial charge in [-0.25, -0.2) is 4.99 Å². The molecule has 0 saturated carbocycles. The fraction of sp³-hybridized carbons (Fsp3) is 0.750. The molecule has 0 aromatic carbocycles. The zero-order valence-electron chi connectivity index (χ0n) is 10.6. The summed E-state index contributed by atoms with van der Waals surface area (Å²) in [5, 5.41) is 3.26. The zero-order valence-corrected chi connectivity index (χ0v) is 12.9. The lowest BCUT2D eigenvalue weighted by atomic mass is 10.1. The van der Waals surface area contributed by atoms with Gasteiger partial charge in [0.25, 0.3) is 0 Å². The maximum Gasteiger partial charge on any atom is 0.194 e. The first-order valence-electron chi connectivity index (χ1n) is 5.77. The van der Waals surface area contributed by atoms with Crippen LogP contribution in [0.3, 0.4) is 0 Å². The van der Waals surface area contributed by atoms with E-state index in [0.717, 1.165) is 38.6 Å². The van der Waals surface area contributed by atoms with Crippen LogP contribution in [0.5, 0.6) is 0 Å². The van der Waals surface area contributed by atoms with Gasteiger partial charge >= 0.3 is 0 Å². The second kappa shape index (κ2) is 9.54. The van der Waals surface area contributed by atoms with Crippen LogP contribution in [0, 0.1) is 18.3 Å². The first-order valence-corrected chi connectivity index (χ1v) is 5.77. The predicted octanol–water partition coefficient (Wildman–Crippen LogP) is 1.17. The first kappa shape index (κ1) is 16.5. The Morgan fingerprint density at radius 3 is 3.00 bits per heavy atom. The van der Waals surface area contributed by atoms with E-state index in [1.54, 1.807) is 7.11 Å². The van der Waals surface area contributed by atoms with Crippen LogP contribution in [0.2, 0.25) is 0 Å². The van der Waals surface area contributed by atoms with E-state index in [1.165, 1.54) is 0 Å². The summed E-state index contributed by atoms with van der Waals surface area (Å²) in [5.41, 5.74) is 0. The van der Waals surface area contributed by atoms with Crippen LogP contribution >= 0.6 is 24.0 Å². The molecule has 17 heavy (non-hydrogen) atoms. The summed E-state index contributed by atoms with van der Waals surface area (Å²) in [6, 6.07) is 0. The minimum Gasteiger partial charge on any atom is -0.384 e. The molecule has 0 spiro atoms. The molecule has 1 atom stereocenters. The summed E-state index contributed by atoms with van der Waals surface area (Å²) in [7, 11) is 1.75. The first-order chi connectivity index (χ1) is 7.81. The minimum absolute atomic E-state index is 0. The fourth-order valence-corrected chi connectivity index (χ4v) is 1.94. The molecule has 1 unspecified atom stereocenters. The van der Waals surface area contributed by atoms with E-state index >= 15 is 0 Å². The number of hydrogen-bond donors (Lipinski definition) is 1. The molecule has 0 bridgehead atoms.